The molecule has 16 heavy (non-hydrogen) atoms. The maximum Gasteiger partial charge on any atom is 0.120 e. The number of aryl methyl sites for hydroxylation is 1. The average molecular weight is 221 g/mol. The van der Waals surface area contributed by atoms with E-state index in [2.05, 4.69) is 33.0 Å². The molecular formula is C14H23NO. The van der Waals surface area contributed by atoms with E-state index in [4.69, 9.17) is 0 Å². The van der Waals surface area contributed by atoms with Gasteiger partial charge >= 0.3 is 0 Å². The van der Waals surface area contributed by atoms with Crippen LogP contribution in [-0.4, -0.2) is 11.1 Å². The van der Waals surface area contributed by atoms with E-state index in [1.165, 1.54) is 0 Å². The highest BCUT2D eigenvalue weighted by molar-refractivity contribution is 5.37. The summed E-state index contributed by atoms with van der Waals surface area (Å²) in [6.07, 6.45) is 0. The first-order valence-corrected chi connectivity index (χ1v) is 5.97. The molecule has 0 saturated carbocycles. The third kappa shape index (κ3) is 3.24. The molecule has 0 aliphatic heterocycles. The molecular weight excluding hydrogens is 198 g/mol. The van der Waals surface area contributed by atoms with Crippen molar-refractivity contribution in [3.05, 3.63) is 29.3 Å². The molecule has 1 aromatic carbocycles. The SMILES string of the molecule is Cc1ccc(C(C)NC(C)C(C)C)c(O)c1. The summed E-state index contributed by atoms with van der Waals surface area (Å²) in [7, 11) is 0. The number of phenols is 1. The van der Waals surface area contributed by atoms with Gasteiger partial charge in [0.2, 0.25) is 0 Å². The van der Waals surface area contributed by atoms with Gasteiger partial charge in [0.15, 0.2) is 0 Å². The van der Waals surface area contributed by atoms with Crippen molar-refractivity contribution in [3.63, 3.8) is 0 Å². The van der Waals surface area contributed by atoms with Crippen molar-refractivity contribution in [2.24, 2.45) is 5.92 Å². The minimum atomic E-state index is 0.179. The average Bonchev–Trinajstić information content (AvgIpc) is 2.16. The van der Waals surface area contributed by atoms with Crippen molar-refractivity contribution in [1.29, 1.82) is 0 Å². The summed E-state index contributed by atoms with van der Waals surface area (Å²) in [4.78, 5) is 0. The number of benzene rings is 1. The van der Waals surface area contributed by atoms with E-state index in [-0.39, 0.29) is 6.04 Å². The lowest BCUT2D eigenvalue weighted by molar-refractivity contribution is 0.379. The highest BCUT2D eigenvalue weighted by atomic mass is 16.3. The maximum absolute atomic E-state index is 9.87. The molecule has 0 amide bonds. The predicted octanol–water partition coefficient (Wildman–Crippen LogP) is 3.40. The molecule has 2 heteroatoms. The molecule has 0 aromatic heterocycles. The molecule has 2 unspecified atom stereocenters. The zero-order valence-electron chi connectivity index (χ0n) is 10.9. The van der Waals surface area contributed by atoms with Gasteiger partial charge in [-0.2, -0.15) is 0 Å². The Bertz CT molecular complexity index is 347. The van der Waals surface area contributed by atoms with Crippen LogP contribution in [0.1, 0.15) is 44.9 Å². The van der Waals surface area contributed by atoms with E-state index < -0.39 is 0 Å². The first-order chi connectivity index (χ1) is 7.41. The van der Waals surface area contributed by atoms with Crippen LogP contribution in [-0.2, 0) is 0 Å². The Kier molecular flexibility index (Phi) is 4.36. The molecule has 1 rings (SSSR count). The zero-order valence-corrected chi connectivity index (χ0v) is 10.9. The van der Waals surface area contributed by atoms with Gasteiger partial charge in [-0.15, -0.1) is 0 Å². The molecule has 2 N–H and O–H groups in total. The lowest BCUT2D eigenvalue weighted by Gasteiger charge is -2.23. The van der Waals surface area contributed by atoms with E-state index in [0.717, 1.165) is 11.1 Å². The third-order valence-corrected chi connectivity index (χ3v) is 3.17. The molecule has 0 heterocycles. The van der Waals surface area contributed by atoms with Crippen LogP contribution in [0.2, 0.25) is 0 Å². The quantitative estimate of drug-likeness (QED) is 0.816. The Hall–Kier alpha value is -1.02. The summed E-state index contributed by atoms with van der Waals surface area (Å²) in [5.74, 6) is 0.978. The highest BCUT2D eigenvalue weighted by Crippen LogP contribution is 2.25. The van der Waals surface area contributed by atoms with Crippen molar-refractivity contribution >= 4 is 0 Å². The summed E-state index contributed by atoms with van der Waals surface area (Å²) in [5.41, 5.74) is 2.06. The van der Waals surface area contributed by atoms with Gasteiger partial charge in [0.1, 0.15) is 5.75 Å². The van der Waals surface area contributed by atoms with Gasteiger partial charge < -0.3 is 10.4 Å². The molecule has 0 bridgehead atoms. The standard InChI is InChI=1S/C14H23NO/c1-9(2)11(4)15-12(5)13-7-6-10(3)8-14(13)16/h6-9,11-12,15-16H,1-5H3. The number of hydrogen-bond donors (Lipinski definition) is 2. The fraction of sp³-hybridized carbons (Fsp3) is 0.571. The van der Waals surface area contributed by atoms with Crippen molar-refractivity contribution in [2.45, 2.75) is 46.7 Å². The van der Waals surface area contributed by atoms with Crippen LogP contribution in [0.5, 0.6) is 5.75 Å². The Labute approximate surface area is 98.7 Å². The minimum absolute atomic E-state index is 0.179. The van der Waals surface area contributed by atoms with Gasteiger partial charge in [0.05, 0.1) is 0 Å². The third-order valence-electron chi connectivity index (χ3n) is 3.17. The van der Waals surface area contributed by atoms with Crippen LogP contribution in [0.15, 0.2) is 18.2 Å². The van der Waals surface area contributed by atoms with Crippen LogP contribution in [0.3, 0.4) is 0 Å². The van der Waals surface area contributed by atoms with Crippen LogP contribution in [0, 0.1) is 12.8 Å². The minimum Gasteiger partial charge on any atom is -0.508 e. The first kappa shape index (κ1) is 13.0. The van der Waals surface area contributed by atoms with Gasteiger partial charge in [-0.05, 0) is 38.3 Å². The fourth-order valence-electron chi connectivity index (χ4n) is 1.70. The van der Waals surface area contributed by atoms with Gasteiger partial charge in [0.25, 0.3) is 0 Å². The Balaban J connectivity index is 2.76. The van der Waals surface area contributed by atoms with E-state index in [1.807, 2.05) is 25.1 Å². The number of aromatic hydroxyl groups is 1. The molecule has 0 aliphatic rings. The Morgan fingerprint density at radius 3 is 2.25 bits per heavy atom. The van der Waals surface area contributed by atoms with E-state index in [9.17, 15) is 5.11 Å². The van der Waals surface area contributed by atoms with Crippen molar-refractivity contribution < 1.29 is 5.11 Å². The monoisotopic (exact) mass is 221 g/mol. The number of phenolic OH excluding ortho intramolecular Hbond substituents is 1. The molecule has 2 nitrogen and oxygen atoms in total. The second kappa shape index (κ2) is 5.35. The van der Waals surface area contributed by atoms with Crippen LogP contribution >= 0.6 is 0 Å². The first-order valence-electron chi connectivity index (χ1n) is 5.97. The predicted molar refractivity (Wildman–Crippen MR) is 68.7 cm³/mol. The molecule has 90 valence electrons. The molecule has 2 atom stereocenters. The number of rotatable bonds is 4. The van der Waals surface area contributed by atoms with E-state index in [1.54, 1.807) is 0 Å². The Morgan fingerprint density at radius 1 is 1.12 bits per heavy atom. The summed E-state index contributed by atoms with van der Waals surface area (Å²) in [5, 5.41) is 13.4. The Morgan fingerprint density at radius 2 is 1.75 bits per heavy atom. The topological polar surface area (TPSA) is 32.3 Å². The summed E-state index contributed by atoms with van der Waals surface area (Å²) < 4.78 is 0. The van der Waals surface area contributed by atoms with Gasteiger partial charge in [-0.1, -0.05) is 26.0 Å². The fourth-order valence-corrected chi connectivity index (χ4v) is 1.70. The molecule has 0 spiro atoms. The van der Waals surface area contributed by atoms with Crippen LogP contribution in [0.4, 0.5) is 0 Å². The lowest BCUT2D eigenvalue weighted by Crippen LogP contribution is -2.33. The number of hydrogen-bond acceptors (Lipinski definition) is 2. The van der Waals surface area contributed by atoms with Gasteiger partial charge in [-0.25, -0.2) is 0 Å². The normalized spacial score (nSPS) is 15.1. The summed E-state index contributed by atoms with van der Waals surface area (Å²) in [6, 6.07) is 6.46. The van der Waals surface area contributed by atoms with E-state index >= 15 is 0 Å². The molecule has 0 fully saturated rings. The lowest BCUT2D eigenvalue weighted by atomic mass is 10.0. The highest BCUT2D eigenvalue weighted by Gasteiger charge is 2.14. The maximum atomic E-state index is 9.87. The van der Waals surface area contributed by atoms with E-state index in [0.29, 0.717) is 17.7 Å². The van der Waals surface area contributed by atoms with Gasteiger partial charge in [0, 0.05) is 17.6 Å². The largest absolute Gasteiger partial charge is 0.508 e. The van der Waals surface area contributed by atoms with Crippen LogP contribution < -0.4 is 5.32 Å². The molecule has 0 saturated heterocycles. The number of nitrogens with one attached hydrogen (secondary N) is 1. The molecule has 0 radical (unpaired) electrons. The summed E-state index contributed by atoms with van der Waals surface area (Å²) in [6.45, 7) is 10.6. The molecule has 1 aromatic rings. The van der Waals surface area contributed by atoms with Gasteiger partial charge in [-0.3, -0.25) is 0 Å². The summed E-state index contributed by atoms with van der Waals surface area (Å²) >= 11 is 0. The molecule has 0 aliphatic carbocycles. The van der Waals surface area contributed by atoms with Crippen molar-refractivity contribution in [3.8, 4) is 5.75 Å². The van der Waals surface area contributed by atoms with Crippen molar-refractivity contribution in [1.82, 2.24) is 5.32 Å². The smallest absolute Gasteiger partial charge is 0.120 e. The zero-order chi connectivity index (χ0) is 12.3. The van der Waals surface area contributed by atoms with Crippen LogP contribution in [0.25, 0.3) is 0 Å². The second-order valence-electron chi connectivity index (χ2n) is 4.98. The second-order valence-corrected chi connectivity index (χ2v) is 4.98. The van der Waals surface area contributed by atoms with Crippen molar-refractivity contribution in [2.75, 3.05) is 0 Å².